The van der Waals surface area contributed by atoms with Crippen LogP contribution < -0.4 is 5.32 Å². The molecule has 0 saturated carbocycles. The van der Waals surface area contributed by atoms with Crippen LogP contribution in [0.25, 0.3) is 10.8 Å². The fourth-order valence-corrected chi connectivity index (χ4v) is 2.23. The summed E-state index contributed by atoms with van der Waals surface area (Å²) >= 11 is 0. The second-order valence-electron chi connectivity index (χ2n) is 4.72. The van der Waals surface area contributed by atoms with Crippen LogP contribution in [0.4, 0.5) is 5.69 Å². The van der Waals surface area contributed by atoms with Crippen molar-refractivity contribution < 1.29 is 0 Å². The molecule has 0 spiro atoms. The van der Waals surface area contributed by atoms with Gasteiger partial charge in [0, 0.05) is 47.7 Å². The van der Waals surface area contributed by atoms with Gasteiger partial charge in [0.25, 0.3) is 0 Å². The molecule has 96 valence electrons. The van der Waals surface area contributed by atoms with Gasteiger partial charge in [-0.1, -0.05) is 12.1 Å². The lowest BCUT2D eigenvalue weighted by atomic mass is 10.1. The second-order valence-corrected chi connectivity index (χ2v) is 4.72. The Hall–Kier alpha value is -2.36. The minimum atomic E-state index is 0.215. The minimum Gasteiger partial charge on any atom is -0.378 e. The Kier molecular flexibility index (Phi) is 2.91. The summed E-state index contributed by atoms with van der Waals surface area (Å²) in [6.45, 7) is 2.14. The maximum absolute atomic E-state index is 4.21. The zero-order chi connectivity index (χ0) is 13.2. The number of anilines is 1. The van der Waals surface area contributed by atoms with Crippen LogP contribution >= 0.6 is 0 Å². The zero-order valence-corrected chi connectivity index (χ0v) is 11.0. The van der Waals surface area contributed by atoms with E-state index in [1.165, 1.54) is 10.9 Å². The predicted octanol–water partition coefficient (Wildman–Crippen LogP) is 3.14. The molecule has 1 unspecified atom stereocenters. The summed E-state index contributed by atoms with van der Waals surface area (Å²) in [4.78, 5) is 4.15. The number of nitrogens with zero attached hydrogens (tertiary/aromatic N) is 3. The molecule has 2 heterocycles. The fraction of sp³-hybridized carbons (Fsp3) is 0.200. The number of rotatable bonds is 3. The van der Waals surface area contributed by atoms with Crippen molar-refractivity contribution in [1.29, 1.82) is 0 Å². The smallest absolute Gasteiger partial charge is 0.0542 e. The van der Waals surface area contributed by atoms with Gasteiger partial charge in [-0.2, -0.15) is 5.10 Å². The van der Waals surface area contributed by atoms with Gasteiger partial charge >= 0.3 is 0 Å². The van der Waals surface area contributed by atoms with E-state index < -0.39 is 0 Å². The normalized spacial score (nSPS) is 12.5. The molecule has 0 fully saturated rings. The maximum atomic E-state index is 4.21. The standard InChI is InChI=1S/C15H16N4/c1-11(13-9-17-19(2)10-13)18-15-5-3-4-12-8-16-7-6-14(12)15/h3-11,18H,1-2H3. The molecule has 0 radical (unpaired) electrons. The van der Waals surface area contributed by atoms with Crippen molar-refractivity contribution in [2.24, 2.45) is 7.05 Å². The number of benzene rings is 1. The number of aryl methyl sites for hydroxylation is 1. The first kappa shape index (κ1) is 11.7. The van der Waals surface area contributed by atoms with E-state index in [1.807, 2.05) is 48.6 Å². The first-order chi connectivity index (χ1) is 9.24. The molecule has 4 heteroatoms. The van der Waals surface area contributed by atoms with E-state index in [0.717, 1.165) is 11.1 Å². The third-order valence-corrected chi connectivity index (χ3v) is 3.28. The molecule has 19 heavy (non-hydrogen) atoms. The first-order valence-electron chi connectivity index (χ1n) is 6.32. The molecule has 0 aliphatic carbocycles. The van der Waals surface area contributed by atoms with Gasteiger partial charge in [-0.3, -0.25) is 9.67 Å². The molecular weight excluding hydrogens is 236 g/mol. The van der Waals surface area contributed by atoms with Crippen LogP contribution in [0.1, 0.15) is 18.5 Å². The molecule has 3 rings (SSSR count). The lowest BCUT2D eigenvalue weighted by molar-refractivity contribution is 0.765. The Morgan fingerprint density at radius 2 is 2.11 bits per heavy atom. The van der Waals surface area contributed by atoms with Gasteiger partial charge in [0.2, 0.25) is 0 Å². The van der Waals surface area contributed by atoms with Crippen molar-refractivity contribution in [3.8, 4) is 0 Å². The molecule has 0 bridgehead atoms. The molecule has 1 atom stereocenters. The van der Waals surface area contributed by atoms with E-state index in [4.69, 9.17) is 0 Å². The fourth-order valence-electron chi connectivity index (χ4n) is 2.23. The van der Waals surface area contributed by atoms with Crippen molar-refractivity contribution in [3.63, 3.8) is 0 Å². The third-order valence-electron chi connectivity index (χ3n) is 3.28. The summed E-state index contributed by atoms with van der Waals surface area (Å²) in [6, 6.07) is 8.46. The third kappa shape index (κ3) is 2.29. The van der Waals surface area contributed by atoms with Gasteiger partial charge in [0.1, 0.15) is 0 Å². The quantitative estimate of drug-likeness (QED) is 0.778. The molecule has 0 aliphatic heterocycles. The predicted molar refractivity (Wildman–Crippen MR) is 77.0 cm³/mol. The average molecular weight is 252 g/mol. The van der Waals surface area contributed by atoms with Gasteiger partial charge in [-0.15, -0.1) is 0 Å². The number of nitrogens with one attached hydrogen (secondary N) is 1. The number of hydrogen-bond donors (Lipinski definition) is 1. The van der Waals surface area contributed by atoms with Gasteiger partial charge in [0.15, 0.2) is 0 Å². The Morgan fingerprint density at radius 3 is 2.89 bits per heavy atom. The number of hydrogen-bond acceptors (Lipinski definition) is 3. The number of fused-ring (bicyclic) bond motifs is 1. The lowest BCUT2D eigenvalue weighted by Crippen LogP contribution is -2.06. The highest BCUT2D eigenvalue weighted by Crippen LogP contribution is 2.26. The molecule has 1 aromatic carbocycles. The zero-order valence-electron chi connectivity index (χ0n) is 11.0. The summed E-state index contributed by atoms with van der Waals surface area (Å²) in [5, 5.41) is 10.1. The topological polar surface area (TPSA) is 42.7 Å². The Bertz CT molecular complexity index is 697. The number of pyridine rings is 1. The highest BCUT2D eigenvalue weighted by molar-refractivity contribution is 5.93. The van der Waals surface area contributed by atoms with Crippen molar-refractivity contribution in [2.75, 3.05) is 5.32 Å². The van der Waals surface area contributed by atoms with E-state index >= 15 is 0 Å². The van der Waals surface area contributed by atoms with Crippen LogP contribution in [0.3, 0.4) is 0 Å². The van der Waals surface area contributed by atoms with Gasteiger partial charge in [-0.05, 0) is 19.1 Å². The van der Waals surface area contributed by atoms with Crippen LogP contribution in [0, 0.1) is 0 Å². The van der Waals surface area contributed by atoms with Gasteiger partial charge < -0.3 is 5.32 Å². The van der Waals surface area contributed by atoms with E-state index in [0.29, 0.717) is 0 Å². The van der Waals surface area contributed by atoms with E-state index in [2.05, 4.69) is 34.5 Å². The Balaban J connectivity index is 1.93. The molecule has 0 saturated heterocycles. The van der Waals surface area contributed by atoms with Crippen LogP contribution in [-0.4, -0.2) is 14.8 Å². The van der Waals surface area contributed by atoms with Gasteiger partial charge in [0.05, 0.1) is 12.2 Å². The van der Waals surface area contributed by atoms with Crippen LogP contribution in [0.5, 0.6) is 0 Å². The molecule has 4 nitrogen and oxygen atoms in total. The Morgan fingerprint density at radius 1 is 1.21 bits per heavy atom. The van der Waals surface area contributed by atoms with E-state index in [-0.39, 0.29) is 6.04 Å². The van der Waals surface area contributed by atoms with Crippen molar-refractivity contribution in [2.45, 2.75) is 13.0 Å². The Labute approximate surface area is 112 Å². The molecule has 0 amide bonds. The minimum absolute atomic E-state index is 0.215. The largest absolute Gasteiger partial charge is 0.378 e. The summed E-state index contributed by atoms with van der Waals surface area (Å²) in [6.07, 6.45) is 7.63. The maximum Gasteiger partial charge on any atom is 0.0542 e. The van der Waals surface area contributed by atoms with Gasteiger partial charge in [-0.25, -0.2) is 0 Å². The molecule has 0 aliphatic rings. The van der Waals surface area contributed by atoms with E-state index in [9.17, 15) is 0 Å². The lowest BCUT2D eigenvalue weighted by Gasteiger charge is -2.15. The summed E-state index contributed by atoms with van der Waals surface area (Å²) in [5.41, 5.74) is 2.30. The summed E-state index contributed by atoms with van der Waals surface area (Å²) in [5.74, 6) is 0. The molecule has 3 aromatic rings. The molecule has 1 N–H and O–H groups in total. The average Bonchev–Trinajstić information content (AvgIpc) is 2.86. The molecular formula is C15H16N4. The second kappa shape index (κ2) is 4.72. The monoisotopic (exact) mass is 252 g/mol. The first-order valence-corrected chi connectivity index (χ1v) is 6.32. The molecule has 2 aromatic heterocycles. The van der Waals surface area contributed by atoms with E-state index in [1.54, 1.807) is 0 Å². The van der Waals surface area contributed by atoms with Crippen LogP contribution in [-0.2, 0) is 7.05 Å². The van der Waals surface area contributed by atoms with Crippen molar-refractivity contribution in [3.05, 3.63) is 54.6 Å². The van der Waals surface area contributed by atoms with Crippen LogP contribution in [0.2, 0.25) is 0 Å². The van der Waals surface area contributed by atoms with Crippen LogP contribution in [0.15, 0.2) is 49.1 Å². The van der Waals surface area contributed by atoms with Crippen molar-refractivity contribution in [1.82, 2.24) is 14.8 Å². The van der Waals surface area contributed by atoms with Crippen molar-refractivity contribution >= 4 is 16.5 Å². The summed E-state index contributed by atoms with van der Waals surface area (Å²) < 4.78 is 1.82. The highest BCUT2D eigenvalue weighted by Gasteiger charge is 2.09. The SMILES string of the molecule is CC(Nc1cccc2cnccc12)c1cnn(C)c1. The number of aromatic nitrogens is 3. The highest BCUT2D eigenvalue weighted by atomic mass is 15.2. The summed E-state index contributed by atoms with van der Waals surface area (Å²) in [7, 11) is 1.93.